The monoisotopic (exact) mass is 223 g/mol. The highest BCUT2D eigenvalue weighted by Crippen LogP contribution is 2.19. The summed E-state index contributed by atoms with van der Waals surface area (Å²) in [6, 6.07) is 4.57. The lowest BCUT2D eigenvalue weighted by Gasteiger charge is -2.09. The summed E-state index contributed by atoms with van der Waals surface area (Å²) < 4.78 is 9.38. The van der Waals surface area contributed by atoms with E-state index in [9.17, 15) is 9.59 Å². The number of rotatable bonds is 3. The molecule has 86 valence electrons. The van der Waals surface area contributed by atoms with Gasteiger partial charge in [-0.25, -0.2) is 9.59 Å². The van der Waals surface area contributed by atoms with Crippen molar-refractivity contribution in [3.8, 4) is 0 Å². The molecule has 0 aliphatic carbocycles. The van der Waals surface area contributed by atoms with E-state index < -0.39 is 11.9 Å². The standard InChI is InChI=1S/C11H13NO4/c1-3-16-10(13)7-5-4-6-8(12)9(7)11(14)15-2/h4-6H,3,12H2,1-2H3. The number of methoxy groups -OCH3 is 1. The number of carbonyl (C=O) groups excluding carboxylic acids is 2. The van der Waals surface area contributed by atoms with Crippen LogP contribution in [0.25, 0.3) is 0 Å². The summed E-state index contributed by atoms with van der Waals surface area (Å²) in [6.45, 7) is 1.91. The average Bonchev–Trinajstić information content (AvgIpc) is 2.28. The maximum absolute atomic E-state index is 11.6. The minimum absolute atomic E-state index is 0.0449. The van der Waals surface area contributed by atoms with Crippen molar-refractivity contribution in [2.75, 3.05) is 19.5 Å². The van der Waals surface area contributed by atoms with Crippen molar-refractivity contribution < 1.29 is 19.1 Å². The first-order valence-electron chi connectivity index (χ1n) is 4.75. The number of ether oxygens (including phenoxy) is 2. The van der Waals surface area contributed by atoms with E-state index in [0.717, 1.165) is 0 Å². The molecule has 5 heteroatoms. The van der Waals surface area contributed by atoms with E-state index in [1.54, 1.807) is 13.0 Å². The van der Waals surface area contributed by atoms with Gasteiger partial charge >= 0.3 is 11.9 Å². The predicted octanol–water partition coefficient (Wildman–Crippen LogP) is 1.23. The lowest BCUT2D eigenvalue weighted by Crippen LogP contribution is -2.15. The summed E-state index contributed by atoms with van der Waals surface area (Å²) in [6.07, 6.45) is 0. The van der Waals surface area contributed by atoms with Gasteiger partial charge in [-0.1, -0.05) is 6.07 Å². The summed E-state index contributed by atoms with van der Waals surface area (Å²) in [5.74, 6) is -1.24. The second kappa shape index (κ2) is 5.16. The van der Waals surface area contributed by atoms with Gasteiger partial charge in [-0.05, 0) is 19.1 Å². The molecule has 0 atom stereocenters. The van der Waals surface area contributed by atoms with E-state index in [1.165, 1.54) is 19.2 Å². The van der Waals surface area contributed by atoms with Gasteiger partial charge in [-0.15, -0.1) is 0 Å². The van der Waals surface area contributed by atoms with E-state index in [0.29, 0.717) is 0 Å². The fourth-order valence-electron chi connectivity index (χ4n) is 1.28. The Morgan fingerprint density at radius 3 is 2.56 bits per heavy atom. The first-order chi connectivity index (χ1) is 7.61. The highest BCUT2D eigenvalue weighted by atomic mass is 16.5. The van der Waals surface area contributed by atoms with Gasteiger partial charge in [0.25, 0.3) is 0 Å². The van der Waals surface area contributed by atoms with Crippen molar-refractivity contribution in [3.05, 3.63) is 29.3 Å². The van der Waals surface area contributed by atoms with Crippen molar-refractivity contribution in [2.45, 2.75) is 6.92 Å². The summed E-state index contributed by atoms with van der Waals surface area (Å²) in [7, 11) is 1.23. The van der Waals surface area contributed by atoms with Gasteiger partial charge in [0.05, 0.1) is 24.8 Å². The van der Waals surface area contributed by atoms with Gasteiger partial charge in [-0.3, -0.25) is 0 Å². The maximum atomic E-state index is 11.6. The Morgan fingerprint density at radius 1 is 1.31 bits per heavy atom. The number of carbonyl (C=O) groups is 2. The highest BCUT2D eigenvalue weighted by molar-refractivity contribution is 6.06. The third-order valence-corrected chi connectivity index (χ3v) is 1.98. The topological polar surface area (TPSA) is 78.6 Å². The second-order valence-corrected chi connectivity index (χ2v) is 2.98. The average molecular weight is 223 g/mol. The van der Waals surface area contributed by atoms with E-state index in [4.69, 9.17) is 10.5 Å². The van der Waals surface area contributed by atoms with Crippen LogP contribution in [0.1, 0.15) is 27.6 Å². The molecular formula is C11H13NO4. The number of nitrogen functional groups attached to an aromatic ring is 1. The molecule has 2 N–H and O–H groups in total. The number of esters is 2. The van der Waals surface area contributed by atoms with Crippen LogP contribution < -0.4 is 5.73 Å². The van der Waals surface area contributed by atoms with Crippen LogP contribution in [0, 0.1) is 0 Å². The molecule has 0 amide bonds. The molecule has 0 radical (unpaired) electrons. The second-order valence-electron chi connectivity index (χ2n) is 2.98. The number of hydrogen-bond donors (Lipinski definition) is 1. The molecule has 1 aromatic carbocycles. The molecule has 16 heavy (non-hydrogen) atoms. The fourth-order valence-corrected chi connectivity index (χ4v) is 1.28. The summed E-state index contributed by atoms with van der Waals surface area (Å²) in [5, 5.41) is 0. The molecule has 0 bridgehead atoms. The van der Waals surface area contributed by atoms with Crippen molar-refractivity contribution in [3.63, 3.8) is 0 Å². The van der Waals surface area contributed by atoms with Crippen LogP contribution in [0.15, 0.2) is 18.2 Å². The molecule has 5 nitrogen and oxygen atoms in total. The zero-order chi connectivity index (χ0) is 12.1. The Labute approximate surface area is 93.1 Å². The minimum Gasteiger partial charge on any atom is -0.465 e. The van der Waals surface area contributed by atoms with Crippen molar-refractivity contribution in [2.24, 2.45) is 0 Å². The lowest BCUT2D eigenvalue weighted by atomic mass is 10.1. The fraction of sp³-hybridized carbons (Fsp3) is 0.273. The number of anilines is 1. The maximum Gasteiger partial charge on any atom is 0.340 e. The molecule has 0 spiro atoms. The molecule has 0 aliphatic heterocycles. The highest BCUT2D eigenvalue weighted by Gasteiger charge is 2.20. The predicted molar refractivity (Wildman–Crippen MR) is 58.2 cm³/mol. The van der Waals surface area contributed by atoms with Gasteiger partial charge < -0.3 is 15.2 Å². The van der Waals surface area contributed by atoms with Gasteiger partial charge in [0.2, 0.25) is 0 Å². The molecule has 0 saturated carbocycles. The van der Waals surface area contributed by atoms with E-state index in [-0.39, 0.29) is 23.4 Å². The third-order valence-electron chi connectivity index (χ3n) is 1.98. The number of hydrogen-bond acceptors (Lipinski definition) is 5. The smallest absolute Gasteiger partial charge is 0.340 e. The largest absolute Gasteiger partial charge is 0.465 e. The lowest BCUT2D eigenvalue weighted by molar-refractivity contribution is 0.0504. The molecule has 1 aromatic rings. The van der Waals surface area contributed by atoms with E-state index in [2.05, 4.69) is 4.74 Å². The normalized spacial score (nSPS) is 9.62. The van der Waals surface area contributed by atoms with E-state index in [1.807, 2.05) is 0 Å². The Balaban J connectivity index is 3.22. The molecular weight excluding hydrogens is 210 g/mol. The van der Waals surface area contributed by atoms with Crippen LogP contribution in [0.5, 0.6) is 0 Å². The van der Waals surface area contributed by atoms with Crippen molar-refractivity contribution >= 4 is 17.6 Å². The van der Waals surface area contributed by atoms with Crippen molar-refractivity contribution in [1.82, 2.24) is 0 Å². The van der Waals surface area contributed by atoms with Crippen LogP contribution >= 0.6 is 0 Å². The first kappa shape index (κ1) is 12.0. The zero-order valence-corrected chi connectivity index (χ0v) is 9.15. The zero-order valence-electron chi connectivity index (χ0n) is 9.15. The molecule has 0 saturated heterocycles. The Hall–Kier alpha value is -2.04. The Bertz CT molecular complexity index is 414. The molecule has 0 unspecified atom stereocenters. The quantitative estimate of drug-likeness (QED) is 0.616. The van der Waals surface area contributed by atoms with E-state index >= 15 is 0 Å². The number of nitrogens with two attached hydrogens (primary N) is 1. The summed E-state index contributed by atoms with van der Waals surface area (Å²) in [5.41, 5.74) is 5.98. The summed E-state index contributed by atoms with van der Waals surface area (Å²) >= 11 is 0. The van der Waals surface area contributed by atoms with Crippen LogP contribution in [0.4, 0.5) is 5.69 Å². The summed E-state index contributed by atoms with van der Waals surface area (Å²) in [4.78, 5) is 23.0. The first-order valence-corrected chi connectivity index (χ1v) is 4.75. The van der Waals surface area contributed by atoms with Gasteiger partial charge in [-0.2, -0.15) is 0 Å². The van der Waals surface area contributed by atoms with Crippen LogP contribution in [-0.4, -0.2) is 25.7 Å². The molecule has 1 rings (SSSR count). The van der Waals surface area contributed by atoms with Gasteiger partial charge in [0.1, 0.15) is 0 Å². The minimum atomic E-state index is -0.652. The third kappa shape index (κ3) is 2.31. The van der Waals surface area contributed by atoms with Crippen molar-refractivity contribution in [1.29, 1.82) is 0 Å². The van der Waals surface area contributed by atoms with Crippen LogP contribution in [0.3, 0.4) is 0 Å². The van der Waals surface area contributed by atoms with Gasteiger partial charge in [0.15, 0.2) is 0 Å². The number of benzene rings is 1. The molecule has 0 heterocycles. The molecule has 0 fully saturated rings. The SMILES string of the molecule is CCOC(=O)c1cccc(N)c1C(=O)OC. The van der Waals surface area contributed by atoms with Crippen LogP contribution in [0.2, 0.25) is 0 Å². The molecule has 0 aromatic heterocycles. The van der Waals surface area contributed by atoms with Crippen LogP contribution in [-0.2, 0) is 9.47 Å². The Morgan fingerprint density at radius 2 is 2.00 bits per heavy atom. The Kier molecular flexibility index (Phi) is 3.88. The molecule has 0 aliphatic rings. The van der Waals surface area contributed by atoms with Gasteiger partial charge in [0, 0.05) is 5.69 Å².